The fourth-order valence-corrected chi connectivity index (χ4v) is 0.700. The molecule has 0 aliphatic rings. The second-order valence-electron chi connectivity index (χ2n) is 2.05. The Kier molecular flexibility index (Phi) is 6.57. The summed E-state index contributed by atoms with van der Waals surface area (Å²) in [5, 5.41) is 0. The van der Waals surface area contributed by atoms with Gasteiger partial charge in [-0.05, 0) is 6.42 Å². The minimum atomic E-state index is -0.355. The van der Waals surface area contributed by atoms with E-state index in [1.165, 1.54) is 13.4 Å². The first-order valence-electron chi connectivity index (χ1n) is 3.71. The fourth-order valence-electron chi connectivity index (χ4n) is 0.611. The van der Waals surface area contributed by atoms with E-state index in [0.717, 1.165) is 0 Å². The molecule has 0 saturated carbocycles. The first-order valence-corrected chi connectivity index (χ1v) is 4.24. The number of methoxy groups -OCH3 is 1. The van der Waals surface area contributed by atoms with E-state index in [-0.39, 0.29) is 5.97 Å². The zero-order chi connectivity index (χ0) is 9.40. The minimum absolute atomic E-state index is 0.355. The van der Waals surface area contributed by atoms with Crippen LogP contribution in [0.2, 0.25) is 0 Å². The van der Waals surface area contributed by atoms with Crippen LogP contribution in [0.4, 0.5) is 0 Å². The molecule has 0 aromatic carbocycles. The summed E-state index contributed by atoms with van der Waals surface area (Å²) in [5.74, 6) is 0.0568. The Morgan fingerprint density at radius 3 is 2.67 bits per heavy atom. The van der Waals surface area contributed by atoms with Crippen LogP contribution in [0.5, 0.6) is 0 Å². The van der Waals surface area contributed by atoms with Crippen molar-refractivity contribution in [3.05, 3.63) is 11.8 Å². The smallest absolute Gasteiger partial charge is 0.336 e. The third kappa shape index (κ3) is 4.23. The van der Waals surface area contributed by atoms with Crippen molar-refractivity contribution in [1.29, 1.82) is 0 Å². The van der Waals surface area contributed by atoms with Crippen molar-refractivity contribution < 1.29 is 14.3 Å². The topological polar surface area (TPSA) is 35.5 Å². The molecule has 0 aliphatic heterocycles. The number of hydrogen-bond donors (Lipinski definition) is 0. The molecule has 0 radical (unpaired) electrons. The van der Waals surface area contributed by atoms with E-state index < -0.39 is 0 Å². The van der Waals surface area contributed by atoms with E-state index in [4.69, 9.17) is 16.3 Å². The first kappa shape index (κ1) is 11.3. The molecule has 0 spiro atoms. The molecule has 0 atom stereocenters. The number of halogens is 1. The Hall–Kier alpha value is -0.700. The predicted octanol–water partition coefficient (Wildman–Crippen LogP) is 1.71. The average Bonchev–Trinajstić information content (AvgIpc) is 2.11. The van der Waals surface area contributed by atoms with Crippen LogP contribution in [-0.2, 0) is 14.3 Å². The standard InChI is InChI=1S/C8H13ClO3/c1-3-7(8(10)11-2)6-12-5-4-9/h6H,3-5H2,1-2H3/b7-6+. The molecule has 0 rings (SSSR count). The minimum Gasteiger partial charge on any atom is -0.499 e. The van der Waals surface area contributed by atoms with Gasteiger partial charge in [0.25, 0.3) is 0 Å². The number of ether oxygens (including phenoxy) is 2. The Morgan fingerprint density at radius 2 is 2.25 bits per heavy atom. The average molecular weight is 193 g/mol. The highest BCUT2D eigenvalue weighted by Crippen LogP contribution is 2.02. The third-order valence-electron chi connectivity index (χ3n) is 1.25. The van der Waals surface area contributed by atoms with E-state index in [1.807, 2.05) is 6.92 Å². The van der Waals surface area contributed by atoms with Gasteiger partial charge in [-0.2, -0.15) is 0 Å². The molecule has 0 bridgehead atoms. The van der Waals surface area contributed by atoms with Crippen LogP contribution in [0.25, 0.3) is 0 Å². The first-order chi connectivity index (χ1) is 5.76. The van der Waals surface area contributed by atoms with Crippen LogP contribution in [0.3, 0.4) is 0 Å². The molecule has 3 nitrogen and oxygen atoms in total. The molecule has 0 unspecified atom stereocenters. The molecule has 0 heterocycles. The summed E-state index contributed by atoms with van der Waals surface area (Å²) >= 11 is 5.37. The van der Waals surface area contributed by atoms with Crippen LogP contribution < -0.4 is 0 Å². The summed E-state index contributed by atoms with van der Waals surface area (Å²) in [5.41, 5.74) is 0.516. The number of hydrogen-bond acceptors (Lipinski definition) is 3. The van der Waals surface area contributed by atoms with Crippen LogP contribution >= 0.6 is 11.6 Å². The van der Waals surface area contributed by atoms with Gasteiger partial charge in [0.15, 0.2) is 0 Å². The summed E-state index contributed by atoms with van der Waals surface area (Å²) < 4.78 is 9.48. The molecule has 0 aromatic rings. The lowest BCUT2D eigenvalue weighted by Crippen LogP contribution is -2.04. The van der Waals surface area contributed by atoms with Crippen molar-refractivity contribution in [1.82, 2.24) is 0 Å². The van der Waals surface area contributed by atoms with E-state index in [1.54, 1.807) is 0 Å². The van der Waals surface area contributed by atoms with Crippen molar-refractivity contribution >= 4 is 17.6 Å². The molecule has 0 amide bonds. The maximum Gasteiger partial charge on any atom is 0.336 e. The van der Waals surface area contributed by atoms with Crippen molar-refractivity contribution in [2.75, 3.05) is 19.6 Å². The number of esters is 1. The summed E-state index contributed by atoms with van der Waals surface area (Å²) in [6, 6.07) is 0. The van der Waals surface area contributed by atoms with Gasteiger partial charge in [0.2, 0.25) is 0 Å². The summed E-state index contributed by atoms with van der Waals surface area (Å²) in [7, 11) is 1.34. The highest BCUT2D eigenvalue weighted by Gasteiger charge is 2.06. The van der Waals surface area contributed by atoms with Crippen LogP contribution in [-0.4, -0.2) is 25.6 Å². The Balaban J connectivity index is 3.95. The van der Waals surface area contributed by atoms with Gasteiger partial charge >= 0.3 is 5.97 Å². The molecule has 0 saturated heterocycles. The van der Waals surface area contributed by atoms with E-state index >= 15 is 0 Å². The molecule has 4 heteroatoms. The van der Waals surface area contributed by atoms with Crippen LogP contribution in [0.15, 0.2) is 11.8 Å². The maximum atomic E-state index is 10.9. The van der Waals surface area contributed by atoms with Gasteiger partial charge < -0.3 is 9.47 Å². The zero-order valence-corrected chi connectivity index (χ0v) is 8.06. The van der Waals surface area contributed by atoms with Gasteiger partial charge in [-0.25, -0.2) is 4.79 Å². The second kappa shape index (κ2) is 6.98. The van der Waals surface area contributed by atoms with Crippen LogP contribution in [0, 0.1) is 0 Å². The lowest BCUT2D eigenvalue weighted by molar-refractivity contribution is -0.136. The van der Waals surface area contributed by atoms with E-state index in [2.05, 4.69) is 4.74 Å². The Bertz CT molecular complexity index is 166. The van der Waals surface area contributed by atoms with Gasteiger partial charge in [-0.3, -0.25) is 0 Å². The summed E-state index contributed by atoms with van der Waals surface area (Å²) in [4.78, 5) is 10.9. The zero-order valence-electron chi connectivity index (χ0n) is 7.30. The summed E-state index contributed by atoms with van der Waals surface area (Å²) in [6.45, 7) is 2.26. The van der Waals surface area contributed by atoms with Crippen molar-refractivity contribution in [2.45, 2.75) is 13.3 Å². The highest BCUT2D eigenvalue weighted by atomic mass is 35.5. The van der Waals surface area contributed by atoms with E-state index in [0.29, 0.717) is 24.5 Å². The molecule has 12 heavy (non-hydrogen) atoms. The molecule has 0 aliphatic carbocycles. The van der Waals surface area contributed by atoms with Gasteiger partial charge in [0.1, 0.15) is 6.61 Å². The molecular formula is C8H13ClO3. The predicted molar refractivity (Wildman–Crippen MR) is 47.1 cm³/mol. The highest BCUT2D eigenvalue weighted by molar-refractivity contribution is 6.17. The second-order valence-corrected chi connectivity index (χ2v) is 2.43. The van der Waals surface area contributed by atoms with Crippen molar-refractivity contribution in [3.8, 4) is 0 Å². The molecule has 70 valence electrons. The van der Waals surface area contributed by atoms with Gasteiger partial charge in [0, 0.05) is 0 Å². The van der Waals surface area contributed by atoms with E-state index in [9.17, 15) is 4.79 Å². The molecule has 0 N–H and O–H groups in total. The lowest BCUT2D eigenvalue weighted by atomic mass is 10.2. The Morgan fingerprint density at radius 1 is 1.58 bits per heavy atom. The largest absolute Gasteiger partial charge is 0.499 e. The quantitative estimate of drug-likeness (QED) is 0.219. The van der Waals surface area contributed by atoms with Crippen molar-refractivity contribution in [3.63, 3.8) is 0 Å². The maximum absolute atomic E-state index is 10.9. The summed E-state index contributed by atoms with van der Waals surface area (Å²) in [6.07, 6.45) is 1.99. The third-order valence-corrected chi connectivity index (χ3v) is 1.40. The molecular weight excluding hydrogens is 180 g/mol. The molecule has 0 aromatic heterocycles. The van der Waals surface area contributed by atoms with Crippen molar-refractivity contribution in [2.24, 2.45) is 0 Å². The number of carbonyl (C=O) groups excluding carboxylic acids is 1. The van der Waals surface area contributed by atoms with Gasteiger partial charge in [-0.1, -0.05) is 6.92 Å². The fraction of sp³-hybridized carbons (Fsp3) is 0.625. The van der Waals surface area contributed by atoms with Gasteiger partial charge in [0.05, 0.1) is 24.8 Å². The Labute approximate surface area is 77.3 Å². The monoisotopic (exact) mass is 192 g/mol. The number of alkyl halides is 1. The molecule has 0 fully saturated rings. The van der Waals surface area contributed by atoms with Gasteiger partial charge in [-0.15, -0.1) is 11.6 Å². The lowest BCUT2D eigenvalue weighted by Gasteiger charge is -2.02. The number of rotatable bonds is 5. The number of carbonyl (C=O) groups is 1. The normalized spacial score (nSPS) is 11.1. The SMILES string of the molecule is CC/C(=C\OCCCl)C(=O)OC. The van der Waals surface area contributed by atoms with Crippen LogP contribution in [0.1, 0.15) is 13.3 Å².